The standard InChI is InChI=1S/C16H23N3/c1-14(2)19-9-7-18(8-10-19)6-4-5-16-11-15(3)12-17-13-16/h11-14H,6-10H2,1-3H3. The molecule has 0 aromatic carbocycles. The summed E-state index contributed by atoms with van der Waals surface area (Å²) in [4.78, 5) is 9.10. The van der Waals surface area contributed by atoms with Crippen LogP contribution in [0.2, 0.25) is 0 Å². The Morgan fingerprint density at radius 2 is 1.95 bits per heavy atom. The normalized spacial score (nSPS) is 17.3. The van der Waals surface area contributed by atoms with Crippen LogP contribution in [0.5, 0.6) is 0 Å². The highest BCUT2D eigenvalue weighted by molar-refractivity contribution is 5.34. The summed E-state index contributed by atoms with van der Waals surface area (Å²) in [6.07, 6.45) is 3.69. The van der Waals surface area contributed by atoms with Gasteiger partial charge in [0, 0.05) is 50.2 Å². The zero-order valence-corrected chi connectivity index (χ0v) is 12.2. The molecule has 0 spiro atoms. The molecule has 0 aliphatic carbocycles. The van der Waals surface area contributed by atoms with E-state index < -0.39 is 0 Å². The minimum atomic E-state index is 0.659. The summed E-state index contributed by atoms with van der Waals surface area (Å²) in [5.41, 5.74) is 2.18. The maximum absolute atomic E-state index is 4.16. The third-order valence-electron chi connectivity index (χ3n) is 3.55. The lowest BCUT2D eigenvalue weighted by Crippen LogP contribution is -2.48. The number of rotatable bonds is 2. The highest BCUT2D eigenvalue weighted by Gasteiger charge is 2.17. The molecule has 0 atom stereocenters. The van der Waals surface area contributed by atoms with Crippen molar-refractivity contribution < 1.29 is 0 Å². The second-order valence-corrected chi connectivity index (χ2v) is 5.46. The Balaban J connectivity index is 1.81. The average Bonchev–Trinajstić information content (AvgIpc) is 2.39. The molecule has 1 saturated heterocycles. The molecule has 0 radical (unpaired) electrons. The fraction of sp³-hybridized carbons (Fsp3) is 0.562. The number of aryl methyl sites for hydroxylation is 1. The SMILES string of the molecule is Cc1cncc(C#CCN2CCN(C(C)C)CC2)c1. The Morgan fingerprint density at radius 3 is 2.58 bits per heavy atom. The summed E-state index contributed by atoms with van der Waals surface area (Å²) in [6.45, 7) is 12.0. The number of piperazine rings is 1. The molecule has 3 nitrogen and oxygen atoms in total. The smallest absolute Gasteiger partial charge is 0.0606 e. The minimum absolute atomic E-state index is 0.659. The first-order chi connectivity index (χ1) is 9.15. The molecule has 1 fully saturated rings. The Kier molecular flexibility index (Phi) is 4.95. The number of pyridine rings is 1. The fourth-order valence-corrected chi connectivity index (χ4v) is 2.31. The summed E-state index contributed by atoms with van der Waals surface area (Å²) in [7, 11) is 0. The molecule has 0 N–H and O–H groups in total. The first kappa shape index (κ1) is 14.0. The van der Waals surface area contributed by atoms with E-state index in [4.69, 9.17) is 0 Å². The topological polar surface area (TPSA) is 19.4 Å². The van der Waals surface area contributed by atoms with E-state index in [9.17, 15) is 0 Å². The third kappa shape index (κ3) is 4.34. The van der Waals surface area contributed by atoms with Gasteiger partial charge in [-0.2, -0.15) is 0 Å². The van der Waals surface area contributed by atoms with Crippen molar-refractivity contribution in [3.63, 3.8) is 0 Å². The van der Waals surface area contributed by atoms with Gasteiger partial charge in [-0.15, -0.1) is 0 Å². The van der Waals surface area contributed by atoms with E-state index in [1.807, 2.05) is 19.3 Å². The maximum Gasteiger partial charge on any atom is 0.0606 e. The van der Waals surface area contributed by atoms with Crippen molar-refractivity contribution >= 4 is 0 Å². The largest absolute Gasteiger partial charge is 0.298 e. The van der Waals surface area contributed by atoms with E-state index in [2.05, 4.69) is 46.5 Å². The summed E-state index contributed by atoms with van der Waals surface area (Å²) in [6, 6.07) is 2.74. The lowest BCUT2D eigenvalue weighted by Gasteiger charge is -2.36. The molecule has 0 unspecified atom stereocenters. The Morgan fingerprint density at radius 1 is 1.21 bits per heavy atom. The van der Waals surface area contributed by atoms with E-state index in [-0.39, 0.29) is 0 Å². The molecule has 1 aromatic rings. The van der Waals surface area contributed by atoms with Crippen molar-refractivity contribution in [3.8, 4) is 11.8 Å². The van der Waals surface area contributed by atoms with Crippen LogP contribution in [0.4, 0.5) is 0 Å². The predicted molar refractivity (Wildman–Crippen MR) is 79.0 cm³/mol. The highest BCUT2D eigenvalue weighted by atomic mass is 15.3. The van der Waals surface area contributed by atoms with Gasteiger partial charge in [0.2, 0.25) is 0 Å². The van der Waals surface area contributed by atoms with E-state index in [0.29, 0.717) is 6.04 Å². The molecule has 2 heterocycles. The van der Waals surface area contributed by atoms with E-state index in [1.54, 1.807) is 0 Å². The molecule has 1 aromatic heterocycles. The van der Waals surface area contributed by atoms with Crippen molar-refractivity contribution in [1.29, 1.82) is 0 Å². The van der Waals surface area contributed by atoms with Gasteiger partial charge < -0.3 is 0 Å². The molecule has 2 rings (SSSR count). The van der Waals surface area contributed by atoms with Crippen molar-refractivity contribution in [1.82, 2.24) is 14.8 Å². The van der Waals surface area contributed by atoms with Crippen LogP contribution in [0.1, 0.15) is 25.0 Å². The van der Waals surface area contributed by atoms with Gasteiger partial charge in [-0.3, -0.25) is 14.8 Å². The summed E-state index contributed by atoms with van der Waals surface area (Å²) in [5.74, 6) is 6.46. The van der Waals surface area contributed by atoms with Gasteiger partial charge in [-0.1, -0.05) is 11.8 Å². The molecule has 102 valence electrons. The van der Waals surface area contributed by atoms with Gasteiger partial charge in [-0.25, -0.2) is 0 Å². The molecular formula is C16H23N3. The second-order valence-electron chi connectivity index (χ2n) is 5.46. The average molecular weight is 257 g/mol. The van der Waals surface area contributed by atoms with Crippen LogP contribution < -0.4 is 0 Å². The van der Waals surface area contributed by atoms with Gasteiger partial charge in [0.25, 0.3) is 0 Å². The first-order valence-corrected chi connectivity index (χ1v) is 7.02. The van der Waals surface area contributed by atoms with Crippen molar-refractivity contribution in [2.45, 2.75) is 26.8 Å². The van der Waals surface area contributed by atoms with Crippen molar-refractivity contribution in [2.24, 2.45) is 0 Å². The first-order valence-electron chi connectivity index (χ1n) is 7.02. The Hall–Kier alpha value is -1.37. The van der Waals surface area contributed by atoms with Gasteiger partial charge in [0.15, 0.2) is 0 Å². The number of hydrogen-bond donors (Lipinski definition) is 0. The molecule has 0 amide bonds. The summed E-state index contributed by atoms with van der Waals surface area (Å²) in [5, 5.41) is 0. The number of aromatic nitrogens is 1. The lowest BCUT2D eigenvalue weighted by atomic mass is 10.2. The second kappa shape index (κ2) is 6.70. The van der Waals surface area contributed by atoms with Gasteiger partial charge in [0.1, 0.15) is 0 Å². The van der Waals surface area contributed by atoms with Gasteiger partial charge in [-0.05, 0) is 32.4 Å². The molecule has 19 heavy (non-hydrogen) atoms. The summed E-state index contributed by atoms with van der Waals surface area (Å²) >= 11 is 0. The molecule has 3 heteroatoms. The molecule has 1 aliphatic rings. The Labute approximate surface area is 116 Å². The molecular weight excluding hydrogens is 234 g/mol. The predicted octanol–water partition coefficient (Wildman–Crippen LogP) is 1.77. The molecule has 1 aliphatic heterocycles. The quantitative estimate of drug-likeness (QED) is 0.753. The van der Waals surface area contributed by atoms with Crippen LogP contribution in [0, 0.1) is 18.8 Å². The number of hydrogen-bond acceptors (Lipinski definition) is 3. The molecule has 0 saturated carbocycles. The third-order valence-corrected chi connectivity index (χ3v) is 3.55. The van der Waals surface area contributed by atoms with Crippen LogP contribution in [-0.2, 0) is 0 Å². The summed E-state index contributed by atoms with van der Waals surface area (Å²) < 4.78 is 0. The van der Waals surface area contributed by atoms with E-state index >= 15 is 0 Å². The van der Waals surface area contributed by atoms with Crippen LogP contribution in [0.15, 0.2) is 18.5 Å². The van der Waals surface area contributed by atoms with Gasteiger partial charge in [0.05, 0.1) is 6.54 Å². The zero-order chi connectivity index (χ0) is 13.7. The lowest BCUT2D eigenvalue weighted by molar-refractivity contribution is 0.118. The fourth-order valence-electron chi connectivity index (χ4n) is 2.31. The van der Waals surface area contributed by atoms with E-state index in [1.165, 1.54) is 0 Å². The number of nitrogens with zero attached hydrogens (tertiary/aromatic N) is 3. The highest BCUT2D eigenvalue weighted by Crippen LogP contribution is 2.05. The van der Waals surface area contributed by atoms with Crippen LogP contribution in [0.25, 0.3) is 0 Å². The van der Waals surface area contributed by atoms with Crippen LogP contribution in [-0.4, -0.2) is 53.5 Å². The Bertz CT molecular complexity index is 462. The van der Waals surface area contributed by atoms with Crippen LogP contribution in [0.3, 0.4) is 0 Å². The zero-order valence-electron chi connectivity index (χ0n) is 12.2. The van der Waals surface area contributed by atoms with Crippen LogP contribution >= 0.6 is 0 Å². The van der Waals surface area contributed by atoms with Crippen molar-refractivity contribution in [3.05, 3.63) is 29.6 Å². The van der Waals surface area contributed by atoms with E-state index in [0.717, 1.165) is 43.9 Å². The monoisotopic (exact) mass is 257 g/mol. The maximum atomic E-state index is 4.16. The van der Waals surface area contributed by atoms with Crippen molar-refractivity contribution in [2.75, 3.05) is 32.7 Å². The molecule has 0 bridgehead atoms. The van der Waals surface area contributed by atoms with Gasteiger partial charge >= 0.3 is 0 Å². The minimum Gasteiger partial charge on any atom is -0.298 e.